The Hall–Kier alpha value is -5.56. The van der Waals surface area contributed by atoms with Crippen LogP contribution in [0.15, 0.2) is 95.4 Å². The molecule has 0 aliphatic heterocycles. The van der Waals surface area contributed by atoms with Crippen molar-refractivity contribution in [3.63, 3.8) is 0 Å². The van der Waals surface area contributed by atoms with Crippen LogP contribution in [0.4, 0.5) is 37.7 Å². The Morgan fingerprint density at radius 1 is 0.397 bits per heavy atom. The molecule has 0 saturated heterocycles. The van der Waals surface area contributed by atoms with Crippen LogP contribution >= 0.6 is 0 Å². The van der Waals surface area contributed by atoms with Crippen LogP contribution in [0.2, 0.25) is 0 Å². The average molecular weight is 1100 g/mol. The molecular weight excluding hydrogens is 1010 g/mol. The Bertz CT molecular complexity index is 2410. The van der Waals surface area contributed by atoms with E-state index in [4.69, 9.17) is 0 Å². The Labute approximate surface area is 460 Å². The maximum atomic E-state index is 12.4. The van der Waals surface area contributed by atoms with Gasteiger partial charge in [0.05, 0.1) is 97.6 Å². The fourth-order valence-corrected chi connectivity index (χ4v) is 9.34. The number of aliphatic imine (C=N–C) groups is 2. The highest BCUT2D eigenvalue weighted by Gasteiger charge is 2.30. The standard InChI is InChI=1S/2C16H36N.2C14H8F3N3O.2H2O/c2*1-5-9-13-17(14-10-6-2,15-11-7-3)16-12-8-4;2*15-14(16,17)13(21)20-10-7-8-3-1-5-18-11(8)12-9(10)4-2-6-19-12;;/h2*5-16H2,1-4H3;2*1-7H,(H,20,21);2*1H2/q2*+1;;;;/p-2. The van der Waals surface area contributed by atoms with Gasteiger partial charge in [-0.1, -0.05) is 119 Å². The summed E-state index contributed by atoms with van der Waals surface area (Å²) >= 11 is 0. The van der Waals surface area contributed by atoms with Crippen molar-refractivity contribution in [1.82, 2.24) is 19.9 Å². The lowest BCUT2D eigenvalue weighted by atomic mass is 10.1. The highest BCUT2D eigenvalue weighted by molar-refractivity contribution is 6.10. The summed E-state index contributed by atoms with van der Waals surface area (Å²) in [5.74, 6) is -4.29. The van der Waals surface area contributed by atoms with E-state index in [0.717, 1.165) is 0 Å². The number of nitrogens with zero attached hydrogens (tertiary/aromatic N) is 8. The smallest absolute Gasteiger partial charge is 0.419 e. The van der Waals surface area contributed by atoms with E-state index in [1.54, 1.807) is 60.9 Å². The predicted octanol–water partition coefficient (Wildman–Crippen LogP) is 13.8. The van der Waals surface area contributed by atoms with Crippen LogP contribution in [-0.2, 0) is 0 Å². The molecule has 0 bridgehead atoms. The molecule has 0 fully saturated rings. The van der Waals surface area contributed by atoms with Crippen molar-refractivity contribution >= 4 is 66.8 Å². The summed E-state index contributed by atoms with van der Waals surface area (Å²) < 4.78 is 77.1. The number of rotatable bonds is 26. The van der Waals surface area contributed by atoms with Crippen molar-refractivity contribution in [1.29, 1.82) is 0 Å². The summed E-state index contributed by atoms with van der Waals surface area (Å²) in [4.78, 5) is 22.9. The molecule has 0 atom stereocenters. The van der Waals surface area contributed by atoms with E-state index >= 15 is 0 Å². The molecule has 12 nitrogen and oxygen atoms in total. The summed E-state index contributed by atoms with van der Waals surface area (Å²) in [6.45, 7) is 30.0. The molecule has 436 valence electrons. The lowest BCUT2D eigenvalue weighted by Crippen LogP contribution is -2.50. The van der Waals surface area contributed by atoms with E-state index in [-0.39, 0.29) is 22.3 Å². The highest BCUT2D eigenvalue weighted by atomic mass is 19.4. The summed E-state index contributed by atoms with van der Waals surface area (Å²) in [7, 11) is 0. The van der Waals surface area contributed by atoms with Gasteiger partial charge in [0.25, 0.3) is 0 Å². The number of hydrogen-bond donors (Lipinski definition) is 0. The van der Waals surface area contributed by atoms with Crippen LogP contribution < -0.4 is 10.2 Å². The van der Waals surface area contributed by atoms with Crippen LogP contribution in [0, 0.1) is 0 Å². The summed E-state index contributed by atoms with van der Waals surface area (Å²) in [5.41, 5.74) is 1.77. The molecule has 18 heteroatoms. The Morgan fingerprint density at radius 3 is 0.859 bits per heavy atom. The Morgan fingerprint density at radius 2 is 0.628 bits per heavy atom. The van der Waals surface area contributed by atoms with Gasteiger partial charge in [0, 0.05) is 46.3 Å². The van der Waals surface area contributed by atoms with Crippen molar-refractivity contribution < 1.29 is 56.5 Å². The first kappa shape index (κ1) is 70.5. The van der Waals surface area contributed by atoms with E-state index in [1.807, 2.05) is 0 Å². The molecule has 78 heavy (non-hydrogen) atoms. The van der Waals surface area contributed by atoms with Crippen molar-refractivity contribution in [3.05, 3.63) is 85.5 Å². The minimum Gasteiger partial charge on any atom is -0.855 e. The first-order valence-corrected chi connectivity index (χ1v) is 28.0. The molecular formula is C60H90F6N8O4. The molecule has 0 amide bonds. The minimum atomic E-state index is -5.00. The monoisotopic (exact) mass is 1100 g/mol. The molecule has 6 rings (SSSR count). The predicted molar refractivity (Wildman–Crippen MR) is 306 cm³/mol. The number of hydrogen-bond acceptors (Lipinski definition) is 8. The van der Waals surface area contributed by atoms with Gasteiger partial charge in [-0.2, -0.15) is 26.3 Å². The van der Waals surface area contributed by atoms with Crippen LogP contribution in [0.25, 0.3) is 43.6 Å². The summed E-state index contributed by atoms with van der Waals surface area (Å²) in [6.07, 6.45) is 18.3. The third-order valence-electron chi connectivity index (χ3n) is 13.7. The van der Waals surface area contributed by atoms with Gasteiger partial charge in [-0.15, -0.1) is 0 Å². The molecule has 4 aromatic heterocycles. The van der Waals surface area contributed by atoms with Crippen molar-refractivity contribution in [2.75, 3.05) is 52.4 Å². The average Bonchev–Trinajstić information content (AvgIpc) is 3.47. The number of halogens is 6. The van der Waals surface area contributed by atoms with Gasteiger partial charge in [0.1, 0.15) is 0 Å². The Balaban J connectivity index is 0.000000519. The number of aromatic nitrogens is 4. The fraction of sp³-hybridized carbons (Fsp3) is 0.567. The molecule has 0 radical (unpaired) electrons. The number of alkyl halides is 6. The van der Waals surface area contributed by atoms with Crippen molar-refractivity contribution in [3.8, 4) is 0 Å². The van der Waals surface area contributed by atoms with Crippen LogP contribution in [0.1, 0.15) is 158 Å². The van der Waals surface area contributed by atoms with E-state index in [1.165, 1.54) is 189 Å². The highest BCUT2D eigenvalue weighted by Crippen LogP contribution is 2.34. The lowest BCUT2D eigenvalue weighted by Gasteiger charge is -2.39. The number of fused-ring (bicyclic) bond motifs is 6. The SMILES string of the molecule is CCCC[N+](CCCC)(CCCC)CCCC.CCCC[N+](CCCC)(CCCC)CCCC.O.O.[O-]C(=Nc1cc2cccnc2c2ncccc12)C(F)(F)F.[O-]C(=Nc1cc2cccnc2c2ncccc12)C(F)(F)F. The van der Waals surface area contributed by atoms with Gasteiger partial charge in [-0.05, 0) is 99.9 Å². The zero-order valence-electron chi connectivity index (χ0n) is 47.7. The number of quaternary nitrogens is 2. The molecule has 0 spiro atoms. The molecule has 0 unspecified atom stereocenters. The maximum Gasteiger partial charge on any atom is 0.419 e. The second-order valence-corrected chi connectivity index (χ2v) is 19.9. The number of unbranched alkanes of at least 4 members (excludes halogenated alkanes) is 8. The minimum absolute atomic E-state index is 0. The summed E-state index contributed by atoms with van der Waals surface area (Å²) in [6, 6.07) is 15.7. The van der Waals surface area contributed by atoms with Gasteiger partial charge in [-0.3, -0.25) is 29.9 Å². The fourth-order valence-electron chi connectivity index (χ4n) is 9.34. The maximum absolute atomic E-state index is 12.4. The van der Waals surface area contributed by atoms with E-state index in [0.29, 0.717) is 43.6 Å². The van der Waals surface area contributed by atoms with Crippen LogP contribution in [0.3, 0.4) is 0 Å². The first-order chi connectivity index (χ1) is 36.4. The van der Waals surface area contributed by atoms with Crippen LogP contribution in [0.5, 0.6) is 0 Å². The van der Waals surface area contributed by atoms with E-state index in [2.05, 4.69) is 85.3 Å². The molecule has 2 aromatic carbocycles. The second kappa shape index (κ2) is 36.6. The van der Waals surface area contributed by atoms with Crippen LogP contribution in [-0.4, -0.2) is 116 Å². The number of benzene rings is 2. The lowest BCUT2D eigenvalue weighted by molar-refractivity contribution is -0.929. The van der Waals surface area contributed by atoms with Gasteiger partial charge in [0.2, 0.25) is 0 Å². The molecule has 0 saturated carbocycles. The first-order valence-electron chi connectivity index (χ1n) is 28.0. The topological polar surface area (TPSA) is 185 Å². The Kier molecular flexibility index (Phi) is 33.0. The van der Waals surface area contributed by atoms with Gasteiger partial charge in [-0.25, -0.2) is 0 Å². The normalized spacial score (nSPS) is 12.2. The summed E-state index contributed by atoms with van der Waals surface area (Å²) in [5, 5.41) is 24.0. The largest absolute Gasteiger partial charge is 0.855 e. The zero-order valence-corrected chi connectivity index (χ0v) is 47.7. The third kappa shape index (κ3) is 22.7. The van der Waals surface area contributed by atoms with E-state index < -0.39 is 24.1 Å². The molecule has 4 heterocycles. The molecule has 0 aliphatic carbocycles. The van der Waals surface area contributed by atoms with E-state index in [9.17, 15) is 36.6 Å². The second-order valence-electron chi connectivity index (χ2n) is 19.9. The molecule has 0 aliphatic rings. The molecule has 6 aromatic rings. The number of pyridine rings is 4. The van der Waals surface area contributed by atoms with Gasteiger partial charge in [0.15, 0.2) is 0 Å². The van der Waals surface area contributed by atoms with Gasteiger partial charge >= 0.3 is 12.4 Å². The van der Waals surface area contributed by atoms with Gasteiger partial charge < -0.3 is 30.1 Å². The van der Waals surface area contributed by atoms with Crippen molar-refractivity contribution in [2.24, 2.45) is 9.98 Å². The zero-order chi connectivity index (χ0) is 56.0. The van der Waals surface area contributed by atoms with Crippen molar-refractivity contribution in [2.45, 2.75) is 170 Å². The quantitative estimate of drug-likeness (QED) is 0.0171. The molecule has 4 N–H and O–H groups in total. The third-order valence-corrected chi connectivity index (χ3v) is 13.7.